The fourth-order valence-corrected chi connectivity index (χ4v) is 3.20. The molecule has 0 N–H and O–H groups in total. The van der Waals surface area contributed by atoms with E-state index in [1.54, 1.807) is 0 Å². The number of hydrogen-bond donors (Lipinski definition) is 0. The van der Waals surface area contributed by atoms with Crippen molar-refractivity contribution in [3.63, 3.8) is 0 Å². The molecule has 0 radical (unpaired) electrons. The van der Waals surface area contributed by atoms with E-state index in [1.165, 1.54) is 25.0 Å². The summed E-state index contributed by atoms with van der Waals surface area (Å²) in [6.07, 6.45) is 6.72. The third-order valence-corrected chi connectivity index (χ3v) is 5.26. The monoisotopic (exact) mass is 372 g/mol. The number of rotatable bonds is 8. The quantitative estimate of drug-likeness (QED) is 0.400. The first-order valence-corrected chi connectivity index (χ1v) is 9.29. The van der Waals surface area contributed by atoms with Crippen LogP contribution in [0.15, 0.2) is 24.3 Å². The van der Waals surface area contributed by atoms with Gasteiger partial charge in [0, 0.05) is 0 Å². The molecule has 1 aromatic rings. The number of hydrogen-bond acceptors (Lipinski definition) is 2. The molecule has 3 rings (SSSR count). The number of allylic oxidation sites excluding steroid dienone is 2. The van der Waals surface area contributed by atoms with Gasteiger partial charge in [-0.25, -0.2) is 4.39 Å². The van der Waals surface area contributed by atoms with Gasteiger partial charge in [0.15, 0.2) is 11.6 Å². The number of ether oxygens (including phenoxy) is 2. The van der Waals surface area contributed by atoms with Crippen molar-refractivity contribution in [2.45, 2.75) is 57.7 Å². The highest BCUT2D eigenvalue weighted by Gasteiger charge is 2.35. The van der Waals surface area contributed by atoms with E-state index in [1.807, 2.05) is 12.2 Å². The molecule has 26 heavy (non-hydrogen) atoms. The zero-order valence-corrected chi connectivity index (χ0v) is 14.7. The van der Waals surface area contributed by atoms with Crippen LogP contribution in [0, 0.1) is 17.7 Å². The predicted octanol–water partition coefficient (Wildman–Crippen LogP) is 6.19. The van der Waals surface area contributed by atoms with Crippen LogP contribution in [-0.2, 0) is 6.42 Å². The molecular formula is C20H24F4O2. The second-order valence-corrected chi connectivity index (χ2v) is 7.17. The van der Waals surface area contributed by atoms with Crippen LogP contribution in [0.1, 0.15) is 50.5 Å². The van der Waals surface area contributed by atoms with Crippen molar-refractivity contribution in [1.29, 1.82) is 0 Å². The van der Waals surface area contributed by atoms with Crippen LogP contribution in [0.25, 0.3) is 0 Å². The van der Waals surface area contributed by atoms with Gasteiger partial charge in [-0.1, -0.05) is 43.9 Å². The van der Waals surface area contributed by atoms with Crippen molar-refractivity contribution >= 4 is 0 Å². The lowest BCUT2D eigenvalue weighted by Crippen LogP contribution is -2.20. The highest BCUT2D eigenvalue weighted by atomic mass is 19.4. The Balaban J connectivity index is 1.69. The fraction of sp³-hybridized carbons (Fsp3) is 0.600. The number of alkyl halides is 3. The summed E-state index contributed by atoms with van der Waals surface area (Å²) in [5.74, 6) is -0.978. The van der Waals surface area contributed by atoms with Gasteiger partial charge in [0.25, 0.3) is 0 Å². The summed E-state index contributed by atoms with van der Waals surface area (Å²) in [6.45, 7) is 0.263. The van der Waals surface area contributed by atoms with Gasteiger partial charge in [-0.15, -0.1) is 13.2 Å². The molecule has 144 valence electrons. The van der Waals surface area contributed by atoms with Gasteiger partial charge in [0.1, 0.15) is 0 Å². The molecule has 0 spiro atoms. The summed E-state index contributed by atoms with van der Waals surface area (Å²) in [7, 11) is 0. The first-order chi connectivity index (χ1) is 12.4. The van der Waals surface area contributed by atoms with Gasteiger partial charge in [-0.05, 0) is 49.1 Å². The minimum Gasteiger partial charge on any atom is -0.490 e. The summed E-state index contributed by atoms with van der Waals surface area (Å²) in [4.78, 5) is 0. The summed E-state index contributed by atoms with van der Waals surface area (Å²) in [6, 6.07) is 2.85. The molecular weight excluding hydrogens is 348 g/mol. The molecule has 2 aliphatic rings. The van der Waals surface area contributed by atoms with Crippen molar-refractivity contribution in [2.75, 3.05) is 6.61 Å². The maximum absolute atomic E-state index is 14.6. The summed E-state index contributed by atoms with van der Waals surface area (Å²) in [5.41, 5.74) is 0.172. The molecule has 2 aliphatic carbocycles. The minimum absolute atomic E-state index is 0.172. The van der Waals surface area contributed by atoms with Gasteiger partial charge in [-0.3, -0.25) is 0 Å². The molecule has 2 fully saturated rings. The van der Waals surface area contributed by atoms with Crippen molar-refractivity contribution < 1.29 is 27.0 Å². The smallest absolute Gasteiger partial charge is 0.490 e. The van der Waals surface area contributed by atoms with Crippen molar-refractivity contribution in [2.24, 2.45) is 11.8 Å². The molecule has 0 atom stereocenters. The first kappa shape index (κ1) is 19.1. The maximum atomic E-state index is 14.6. The highest BCUT2D eigenvalue weighted by molar-refractivity contribution is 5.45. The van der Waals surface area contributed by atoms with Crippen molar-refractivity contribution in [3.05, 3.63) is 35.7 Å². The van der Waals surface area contributed by atoms with Crippen LogP contribution in [0.3, 0.4) is 0 Å². The molecule has 2 saturated carbocycles. The van der Waals surface area contributed by atoms with Crippen LogP contribution in [-0.4, -0.2) is 13.0 Å². The third kappa shape index (κ3) is 5.15. The Bertz CT molecular complexity index is 631. The average Bonchev–Trinajstić information content (AvgIpc) is 2.48. The second-order valence-electron chi connectivity index (χ2n) is 7.17. The van der Waals surface area contributed by atoms with E-state index in [4.69, 9.17) is 4.74 Å². The molecule has 2 nitrogen and oxygen atoms in total. The Morgan fingerprint density at radius 3 is 2.38 bits per heavy atom. The zero-order chi connectivity index (χ0) is 18.6. The van der Waals surface area contributed by atoms with Crippen LogP contribution < -0.4 is 9.47 Å². The summed E-state index contributed by atoms with van der Waals surface area (Å²) in [5, 5.41) is 0. The largest absolute Gasteiger partial charge is 0.573 e. The summed E-state index contributed by atoms with van der Waals surface area (Å²) < 4.78 is 62.1. The molecule has 0 amide bonds. The van der Waals surface area contributed by atoms with Gasteiger partial charge in [-0.2, -0.15) is 0 Å². The van der Waals surface area contributed by atoms with Gasteiger partial charge in [0.2, 0.25) is 5.75 Å². The fourth-order valence-electron chi connectivity index (χ4n) is 3.20. The van der Waals surface area contributed by atoms with Crippen LogP contribution in [0.5, 0.6) is 11.5 Å². The molecule has 1 aromatic carbocycles. The lowest BCUT2D eigenvalue weighted by Gasteiger charge is -2.25. The zero-order valence-electron chi connectivity index (χ0n) is 14.7. The first-order valence-electron chi connectivity index (χ1n) is 9.29. The molecule has 0 aromatic heterocycles. The van der Waals surface area contributed by atoms with E-state index in [9.17, 15) is 17.6 Å². The maximum Gasteiger partial charge on any atom is 0.573 e. The minimum atomic E-state index is -4.96. The number of halogens is 4. The van der Waals surface area contributed by atoms with Crippen LogP contribution in [0.2, 0.25) is 0 Å². The van der Waals surface area contributed by atoms with E-state index in [-0.39, 0.29) is 24.3 Å². The van der Waals surface area contributed by atoms with E-state index in [0.29, 0.717) is 11.8 Å². The lowest BCUT2D eigenvalue weighted by molar-refractivity contribution is -0.276. The van der Waals surface area contributed by atoms with Crippen molar-refractivity contribution in [1.82, 2.24) is 0 Å². The predicted molar refractivity (Wildman–Crippen MR) is 90.7 cm³/mol. The standard InChI is InChI=1S/C20H24F4O2/c21-18-16(9-3-8-14-4-1-5-14)10-11-17(19(18)26-20(22,23)24)25-13-12-15-6-2-7-15/h3,8,10-11,14-15H,1-2,4-7,9,12-13H2/b8-3+. The molecule has 0 heterocycles. The average molecular weight is 372 g/mol. The van der Waals surface area contributed by atoms with Crippen LogP contribution >= 0.6 is 0 Å². The Morgan fingerprint density at radius 1 is 1.08 bits per heavy atom. The van der Waals surface area contributed by atoms with E-state index >= 15 is 0 Å². The summed E-state index contributed by atoms with van der Waals surface area (Å²) >= 11 is 0. The lowest BCUT2D eigenvalue weighted by atomic mass is 9.83. The van der Waals surface area contributed by atoms with E-state index in [2.05, 4.69) is 4.74 Å². The molecule has 0 unspecified atom stereocenters. The number of benzene rings is 1. The highest BCUT2D eigenvalue weighted by Crippen LogP contribution is 2.38. The van der Waals surface area contributed by atoms with E-state index in [0.717, 1.165) is 32.1 Å². The molecule has 6 heteroatoms. The normalized spacial score (nSPS) is 18.6. The Hall–Kier alpha value is -1.72. The van der Waals surface area contributed by atoms with Crippen LogP contribution in [0.4, 0.5) is 17.6 Å². The van der Waals surface area contributed by atoms with Gasteiger partial charge < -0.3 is 9.47 Å². The molecule has 0 saturated heterocycles. The van der Waals surface area contributed by atoms with E-state index < -0.39 is 17.9 Å². The second kappa shape index (κ2) is 8.31. The SMILES string of the molecule is Fc1c(C/C=C/C2CCC2)ccc(OCCC2CCC2)c1OC(F)(F)F. The topological polar surface area (TPSA) is 18.5 Å². The third-order valence-electron chi connectivity index (χ3n) is 5.26. The van der Waals surface area contributed by atoms with Crippen molar-refractivity contribution in [3.8, 4) is 11.5 Å². The Kier molecular flexibility index (Phi) is 6.09. The molecule has 0 aliphatic heterocycles. The molecule has 0 bridgehead atoms. The Labute approximate surface area is 151 Å². The Morgan fingerprint density at radius 2 is 1.81 bits per heavy atom. The van der Waals surface area contributed by atoms with Gasteiger partial charge in [0.05, 0.1) is 6.61 Å². The van der Waals surface area contributed by atoms with Gasteiger partial charge >= 0.3 is 6.36 Å².